The summed E-state index contributed by atoms with van der Waals surface area (Å²) >= 11 is 0. The van der Waals surface area contributed by atoms with Crippen molar-refractivity contribution >= 4 is 23.3 Å². The van der Waals surface area contributed by atoms with Crippen LogP contribution in [0.25, 0.3) is 0 Å². The van der Waals surface area contributed by atoms with Gasteiger partial charge in [0.2, 0.25) is 11.9 Å². The molecule has 0 bridgehead atoms. The summed E-state index contributed by atoms with van der Waals surface area (Å²) in [6.07, 6.45) is 0. The molecule has 1 aliphatic rings. The second-order valence-corrected chi connectivity index (χ2v) is 7.39. The number of nitrogen functional groups attached to an aromatic ring is 1. The van der Waals surface area contributed by atoms with Crippen LogP contribution in [0.2, 0.25) is 0 Å². The van der Waals surface area contributed by atoms with E-state index in [9.17, 15) is 0 Å². The van der Waals surface area contributed by atoms with E-state index < -0.39 is 0 Å². The highest BCUT2D eigenvalue weighted by molar-refractivity contribution is 5.54. The zero-order valence-electron chi connectivity index (χ0n) is 17.4. The minimum absolute atomic E-state index is 0.228. The van der Waals surface area contributed by atoms with E-state index in [0.717, 1.165) is 37.6 Å². The standard InChI is InChI=1S/C22H27N7O/c1-16-3-5-17(6-4-16)24-22-26-20(25-21(23)27-22)15-28-11-13-29(14-12-28)18-7-9-19(30-2)10-8-18/h3-10H,11-15H2,1-2H3,(H3,23,24,25,26,27). The van der Waals surface area contributed by atoms with Crippen molar-refractivity contribution in [3.8, 4) is 5.75 Å². The molecule has 8 heteroatoms. The van der Waals surface area contributed by atoms with Crippen molar-refractivity contribution in [2.45, 2.75) is 13.5 Å². The van der Waals surface area contributed by atoms with Crippen LogP contribution >= 0.6 is 0 Å². The highest BCUT2D eigenvalue weighted by atomic mass is 16.5. The number of rotatable bonds is 6. The highest BCUT2D eigenvalue weighted by Crippen LogP contribution is 2.21. The smallest absolute Gasteiger partial charge is 0.232 e. The fourth-order valence-corrected chi connectivity index (χ4v) is 3.49. The number of nitrogens with zero attached hydrogens (tertiary/aromatic N) is 5. The lowest BCUT2D eigenvalue weighted by Gasteiger charge is -2.35. The highest BCUT2D eigenvalue weighted by Gasteiger charge is 2.19. The summed E-state index contributed by atoms with van der Waals surface area (Å²) in [5.74, 6) is 2.25. The fraction of sp³-hybridized carbons (Fsp3) is 0.318. The molecule has 0 spiro atoms. The third-order valence-electron chi connectivity index (χ3n) is 5.18. The van der Waals surface area contributed by atoms with Crippen LogP contribution in [0, 0.1) is 6.92 Å². The van der Waals surface area contributed by atoms with Gasteiger partial charge in [0.05, 0.1) is 13.7 Å². The molecule has 30 heavy (non-hydrogen) atoms. The predicted molar refractivity (Wildman–Crippen MR) is 119 cm³/mol. The maximum absolute atomic E-state index is 5.92. The van der Waals surface area contributed by atoms with Gasteiger partial charge in [-0.15, -0.1) is 0 Å². The van der Waals surface area contributed by atoms with Crippen LogP contribution in [0.5, 0.6) is 5.75 Å². The van der Waals surface area contributed by atoms with Gasteiger partial charge in [-0.1, -0.05) is 17.7 Å². The van der Waals surface area contributed by atoms with Crippen molar-refractivity contribution in [2.75, 3.05) is 49.2 Å². The van der Waals surface area contributed by atoms with Crippen LogP contribution in [0.3, 0.4) is 0 Å². The number of methoxy groups -OCH3 is 1. The number of aryl methyl sites for hydroxylation is 1. The number of piperazine rings is 1. The SMILES string of the molecule is COc1ccc(N2CCN(Cc3nc(N)nc(Nc4ccc(C)cc4)n3)CC2)cc1. The van der Waals surface area contributed by atoms with Gasteiger partial charge < -0.3 is 20.7 Å². The quantitative estimate of drug-likeness (QED) is 0.647. The van der Waals surface area contributed by atoms with Gasteiger partial charge in [-0.05, 0) is 43.3 Å². The van der Waals surface area contributed by atoms with Crippen molar-refractivity contribution in [3.05, 3.63) is 59.9 Å². The topological polar surface area (TPSA) is 92.4 Å². The Morgan fingerprint density at radius 1 is 0.933 bits per heavy atom. The van der Waals surface area contributed by atoms with E-state index in [1.807, 2.05) is 36.4 Å². The first-order valence-electron chi connectivity index (χ1n) is 10.0. The average molecular weight is 406 g/mol. The van der Waals surface area contributed by atoms with Gasteiger partial charge in [-0.3, -0.25) is 4.90 Å². The van der Waals surface area contributed by atoms with Crippen LogP contribution < -0.4 is 20.7 Å². The molecular formula is C22H27N7O. The molecule has 1 aromatic heterocycles. The zero-order chi connectivity index (χ0) is 20.9. The molecule has 0 aliphatic carbocycles. The molecule has 2 aromatic carbocycles. The molecule has 0 unspecified atom stereocenters. The van der Waals surface area contributed by atoms with Gasteiger partial charge in [-0.25, -0.2) is 0 Å². The summed E-state index contributed by atoms with van der Waals surface area (Å²) in [5.41, 5.74) is 9.26. The minimum atomic E-state index is 0.228. The van der Waals surface area contributed by atoms with Crippen molar-refractivity contribution in [1.82, 2.24) is 19.9 Å². The van der Waals surface area contributed by atoms with Crippen molar-refractivity contribution in [1.29, 1.82) is 0 Å². The Balaban J connectivity index is 1.36. The maximum Gasteiger partial charge on any atom is 0.232 e. The van der Waals surface area contributed by atoms with Crippen molar-refractivity contribution in [2.24, 2.45) is 0 Å². The first-order chi connectivity index (χ1) is 14.6. The monoisotopic (exact) mass is 405 g/mol. The lowest BCUT2D eigenvalue weighted by Crippen LogP contribution is -2.46. The summed E-state index contributed by atoms with van der Waals surface area (Å²) < 4.78 is 5.24. The number of hydrogen-bond donors (Lipinski definition) is 2. The summed E-state index contributed by atoms with van der Waals surface area (Å²) in [7, 11) is 1.68. The second-order valence-electron chi connectivity index (χ2n) is 7.39. The Morgan fingerprint density at radius 3 is 2.30 bits per heavy atom. The van der Waals surface area contributed by atoms with Gasteiger partial charge in [-0.2, -0.15) is 15.0 Å². The van der Waals surface area contributed by atoms with Crippen LogP contribution in [-0.2, 0) is 6.54 Å². The van der Waals surface area contributed by atoms with E-state index in [4.69, 9.17) is 10.5 Å². The molecule has 0 atom stereocenters. The van der Waals surface area contributed by atoms with Gasteiger partial charge in [0.15, 0.2) is 0 Å². The third-order valence-corrected chi connectivity index (χ3v) is 5.18. The predicted octanol–water partition coefficient (Wildman–Crippen LogP) is 2.84. The zero-order valence-corrected chi connectivity index (χ0v) is 17.4. The average Bonchev–Trinajstić information content (AvgIpc) is 2.76. The van der Waals surface area contributed by atoms with E-state index in [-0.39, 0.29) is 5.95 Å². The second kappa shape index (κ2) is 8.96. The minimum Gasteiger partial charge on any atom is -0.497 e. The Labute approximate surface area is 176 Å². The van der Waals surface area contributed by atoms with E-state index in [1.54, 1.807) is 7.11 Å². The molecule has 3 N–H and O–H groups in total. The molecule has 0 saturated carbocycles. The Bertz CT molecular complexity index is 968. The van der Waals surface area contributed by atoms with E-state index in [0.29, 0.717) is 18.3 Å². The summed E-state index contributed by atoms with van der Waals surface area (Å²) in [5, 5.41) is 3.21. The molecular weight excluding hydrogens is 378 g/mol. The Hall–Kier alpha value is -3.39. The number of aromatic nitrogens is 3. The number of benzene rings is 2. The molecule has 1 fully saturated rings. The summed E-state index contributed by atoms with van der Waals surface area (Å²) in [4.78, 5) is 17.8. The maximum atomic E-state index is 5.92. The fourth-order valence-electron chi connectivity index (χ4n) is 3.49. The van der Waals surface area contributed by atoms with Crippen LogP contribution in [0.4, 0.5) is 23.3 Å². The van der Waals surface area contributed by atoms with Crippen molar-refractivity contribution < 1.29 is 4.74 Å². The van der Waals surface area contributed by atoms with E-state index in [1.165, 1.54) is 11.3 Å². The first kappa shape index (κ1) is 19.9. The van der Waals surface area contributed by atoms with Gasteiger partial charge in [0.25, 0.3) is 0 Å². The molecule has 1 saturated heterocycles. The number of ether oxygens (including phenoxy) is 1. The Morgan fingerprint density at radius 2 is 1.63 bits per heavy atom. The largest absolute Gasteiger partial charge is 0.497 e. The van der Waals surface area contributed by atoms with Gasteiger partial charge in [0.1, 0.15) is 11.6 Å². The van der Waals surface area contributed by atoms with E-state index >= 15 is 0 Å². The number of anilines is 4. The number of nitrogens with two attached hydrogens (primary N) is 1. The first-order valence-corrected chi connectivity index (χ1v) is 10.0. The Kier molecular flexibility index (Phi) is 5.94. The molecule has 2 heterocycles. The lowest BCUT2D eigenvalue weighted by atomic mass is 10.2. The molecule has 0 radical (unpaired) electrons. The lowest BCUT2D eigenvalue weighted by molar-refractivity contribution is 0.244. The molecule has 8 nitrogen and oxygen atoms in total. The van der Waals surface area contributed by atoms with E-state index in [2.05, 4.69) is 49.1 Å². The van der Waals surface area contributed by atoms with Crippen LogP contribution in [-0.4, -0.2) is 53.1 Å². The van der Waals surface area contributed by atoms with Crippen LogP contribution in [0.15, 0.2) is 48.5 Å². The van der Waals surface area contributed by atoms with Crippen LogP contribution in [0.1, 0.15) is 11.4 Å². The molecule has 4 rings (SSSR count). The molecule has 3 aromatic rings. The number of nitrogens with one attached hydrogen (secondary N) is 1. The normalized spacial score (nSPS) is 14.5. The van der Waals surface area contributed by atoms with Gasteiger partial charge >= 0.3 is 0 Å². The van der Waals surface area contributed by atoms with Gasteiger partial charge in [0, 0.05) is 37.6 Å². The third kappa shape index (κ3) is 4.96. The van der Waals surface area contributed by atoms with Crippen molar-refractivity contribution in [3.63, 3.8) is 0 Å². The molecule has 156 valence electrons. The molecule has 0 amide bonds. The summed E-state index contributed by atoms with van der Waals surface area (Å²) in [6.45, 7) is 6.45. The summed E-state index contributed by atoms with van der Waals surface area (Å²) in [6, 6.07) is 16.3. The number of hydrogen-bond acceptors (Lipinski definition) is 8. The molecule has 1 aliphatic heterocycles.